The van der Waals surface area contributed by atoms with Gasteiger partial charge in [0.15, 0.2) is 0 Å². The van der Waals surface area contributed by atoms with Crippen LogP contribution in [0.3, 0.4) is 0 Å². The third-order valence-corrected chi connectivity index (χ3v) is 12.7. The van der Waals surface area contributed by atoms with Crippen molar-refractivity contribution in [3.8, 4) is 11.5 Å². The van der Waals surface area contributed by atoms with Gasteiger partial charge in [0, 0.05) is 43.9 Å². The van der Waals surface area contributed by atoms with Gasteiger partial charge in [-0.2, -0.15) is 0 Å². The van der Waals surface area contributed by atoms with E-state index in [1.807, 2.05) is 30.9 Å². The van der Waals surface area contributed by atoms with Gasteiger partial charge >= 0.3 is 12.2 Å². The van der Waals surface area contributed by atoms with E-state index in [0.29, 0.717) is 88.0 Å². The monoisotopic (exact) mass is 830 g/mol. The topological polar surface area (TPSA) is 185 Å². The molecule has 2 aromatic rings. The van der Waals surface area contributed by atoms with Gasteiger partial charge in [0.25, 0.3) is 0 Å². The summed E-state index contributed by atoms with van der Waals surface area (Å²) >= 11 is 0. The second kappa shape index (κ2) is 17.6. The number of carbonyl (C=O) groups excluding carboxylic acids is 4. The Morgan fingerprint density at radius 3 is 2.08 bits per heavy atom. The van der Waals surface area contributed by atoms with E-state index in [9.17, 15) is 19.2 Å². The van der Waals surface area contributed by atoms with Crippen LogP contribution in [0.5, 0.6) is 11.5 Å². The number of benzene rings is 2. The molecule has 17 heteroatoms. The summed E-state index contributed by atoms with van der Waals surface area (Å²) in [6, 6.07) is 6.81. The Labute approximate surface area is 349 Å². The minimum atomic E-state index is -0.745. The molecular weight excluding hydrogens is 776 g/mol. The number of nitrogens with one attached hydrogen (secondary N) is 4. The number of hydrogen-bond donors (Lipinski definition) is 4. The molecule has 6 aliphatic heterocycles. The molecule has 6 atom stereocenters. The van der Waals surface area contributed by atoms with Crippen LogP contribution in [0.15, 0.2) is 40.3 Å². The number of likely N-dealkylation sites (tertiary alicyclic amines) is 2. The zero-order valence-electron chi connectivity index (χ0n) is 34.6. The van der Waals surface area contributed by atoms with Crippen LogP contribution in [0.1, 0.15) is 86.7 Å². The molecule has 6 aliphatic rings. The molecular formula is C43H55FN8O8. The van der Waals surface area contributed by atoms with Crippen LogP contribution < -0.4 is 26.0 Å². The van der Waals surface area contributed by atoms with Crippen LogP contribution in [0.4, 0.5) is 14.0 Å². The maximum atomic E-state index is 16.0. The van der Waals surface area contributed by atoms with Gasteiger partial charge in [-0.1, -0.05) is 19.9 Å². The Morgan fingerprint density at radius 1 is 0.800 bits per heavy atom. The van der Waals surface area contributed by atoms with Crippen molar-refractivity contribution in [3.05, 3.63) is 58.4 Å². The van der Waals surface area contributed by atoms with Crippen molar-refractivity contribution >= 4 is 35.7 Å². The number of amidine groups is 2. The standard InChI is InChI=1S/C43H55FN8O8/c1-23(2)36(49-42(55)57-3)40(53)51-13-5-8-33(51)39-46-22-31(48-39)28-20-35-27(19-29(28)44)18-26-17-25(9-10-34(26)60-35)30-21-45-38(47-30)32-7-6-14-52(32)41(54)37(50-43(56)58-4)24-11-15-59-16-12-24/h9-10,17,19-20,23-24,30-33,36-37H,5-8,11-16,18,21-22H2,1-4H3,(H,45,47)(H,46,48)(H,49,55)(H,50,56)/t30?,31?,32-,33-,36-,37-/m0/s1. The molecule has 2 aromatic carbocycles. The highest BCUT2D eigenvalue weighted by molar-refractivity contribution is 5.96. The number of halogens is 1. The highest BCUT2D eigenvalue weighted by Gasteiger charge is 2.43. The van der Waals surface area contributed by atoms with E-state index >= 15 is 4.39 Å². The summed E-state index contributed by atoms with van der Waals surface area (Å²) in [5, 5.41) is 12.5. The summed E-state index contributed by atoms with van der Waals surface area (Å²) in [5.41, 5.74) is 3.13. The number of fused-ring (bicyclic) bond motifs is 2. The molecule has 0 aromatic heterocycles. The van der Waals surface area contributed by atoms with Gasteiger partial charge in [-0.25, -0.2) is 14.0 Å². The highest BCUT2D eigenvalue weighted by Crippen LogP contribution is 2.41. The Hall–Kier alpha value is -5.45. The number of amides is 4. The Kier molecular flexibility index (Phi) is 12.1. The molecule has 3 saturated heterocycles. The van der Waals surface area contributed by atoms with Crippen molar-refractivity contribution in [2.45, 2.75) is 95.0 Å². The summed E-state index contributed by atoms with van der Waals surface area (Å²) in [6.45, 7) is 6.75. The zero-order valence-corrected chi connectivity index (χ0v) is 34.6. The summed E-state index contributed by atoms with van der Waals surface area (Å²) in [6.07, 6.45) is 3.64. The largest absolute Gasteiger partial charge is 0.457 e. The maximum absolute atomic E-state index is 16.0. The number of rotatable bonds is 10. The van der Waals surface area contributed by atoms with Gasteiger partial charge in [-0.05, 0) is 85.8 Å². The van der Waals surface area contributed by atoms with Crippen molar-refractivity contribution in [1.82, 2.24) is 31.1 Å². The fraction of sp³-hybridized carbons (Fsp3) is 0.581. The number of aliphatic imine (C=N–C) groups is 2. The van der Waals surface area contributed by atoms with E-state index in [1.165, 1.54) is 14.2 Å². The quantitative estimate of drug-likeness (QED) is 0.232. The molecule has 0 saturated carbocycles. The molecule has 60 heavy (non-hydrogen) atoms. The van der Waals surface area contributed by atoms with E-state index in [-0.39, 0.29) is 47.6 Å². The van der Waals surface area contributed by atoms with Crippen LogP contribution in [0, 0.1) is 17.7 Å². The van der Waals surface area contributed by atoms with Gasteiger partial charge in [0.2, 0.25) is 11.8 Å². The molecule has 8 rings (SSSR count). The molecule has 16 nitrogen and oxygen atoms in total. The average molecular weight is 831 g/mol. The fourth-order valence-electron chi connectivity index (χ4n) is 9.48. The van der Waals surface area contributed by atoms with Crippen molar-refractivity contribution < 1.29 is 42.5 Å². The Balaban J connectivity index is 0.902. The number of nitrogens with zero attached hydrogens (tertiary/aromatic N) is 4. The lowest BCUT2D eigenvalue weighted by atomic mass is 9.90. The van der Waals surface area contributed by atoms with E-state index in [1.54, 1.807) is 17.0 Å². The minimum Gasteiger partial charge on any atom is -0.457 e. The highest BCUT2D eigenvalue weighted by atomic mass is 19.1. The molecule has 0 aliphatic carbocycles. The second-order valence-corrected chi connectivity index (χ2v) is 16.8. The van der Waals surface area contributed by atoms with Gasteiger partial charge in [0.05, 0.1) is 51.5 Å². The van der Waals surface area contributed by atoms with Gasteiger partial charge in [0.1, 0.15) is 41.1 Å². The summed E-state index contributed by atoms with van der Waals surface area (Å²) < 4.78 is 37.5. The first-order valence-corrected chi connectivity index (χ1v) is 21.1. The van der Waals surface area contributed by atoms with Crippen molar-refractivity contribution in [2.24, 2.45) is 21.8 Å². The molecule has 0 radical (unpaired) electrons. The van der Waals surface area contributed by atoms with Crippen molar-refractivity contribution in [2.75, 3.05) is 53.6 Å². The summed E-state index contributed by atoms with van der Waals surface area (Å²) in [5.74, 6) is 1.80. The summed E-state index contributed by atoms with van der Waals surface area (Å²) in [4.78, 5) is 65.2. The lowest BCUT2D eigenvalue weighted by Gasteiger charge is -2.34. The molecule has 4 amide bonds. The molecule has 0 spiro atoms. The average Bonchev–Trinajstić information content (AvgIpc) is 4.10. The van der Waals surface area contributed by atoms with E-state index in [0.717, 1.165) is 41.8 Å². The van der Waals surface area contributed by atoms with E-state index < -0.39 is 30.3 Å². The van der Waals surface area contributed by atoms with Gasteiger partial charge < -0.3 is 50.0 Å². The molecule has 0 bridgehead atoms. The van der Waals surface area contributed by atoms with Crippen LogP contribution in [-0.4, -0.2) is 123 Å². The fourth-order valence-corrected chi connectivity index (χ4v) is 9.48. The molecule has 3 fully saturated rings. The Bertz CT molecular complexity index is 2060. The molecule has 322 valence electrons. The maximum Gasteiger partial charge on any atom is 0.407 e. The van der Waals surface area contributed by atoms with Crippen molar-refractivity contribution in [3.63, 3.8) is 0 Å². The lowest BCUT2D eigenvalue weighted by Crippen LogP contribution is -2.56. The zero-order chi connectivity index (χ0) is 42.1. The van der Waals surface area contributed by atoms with Crippen LogP contribution in [-0.2, 0) is 30.2 Å². The normalized spacial score (nSPS) is 24.6. The smallest absolute Gasteiger partial charge is 0.407 e. The predicted octanol–water partition coefficient (Wildman–Crippen LogP) is 4.12. The van der Waals surface area contributed by atoms with Gasteiger partial charge in [-0.15, -0.1) is 0 Å². The number of methoxy groups -OCH3 is 2. The van der Waals surface area contributed by atoms with Crippen LogP contribution in [0.2, 0.25) is 0 Å². The Morgan fingerprint density at radius 2 is 1.42 bits per heavy atom. The van der Waals surface area contributed by atoms with Crippen LogP contribution in [0.25, 0.3) is 0 Å². The first-order valence-electron chi connectivity index (χ1n) is 21.1. The number of hydrogen-bond acceptors (Lipinski definition) is 12. The first-order chi connectivity index (χ1) is 29.0. The number of ether oxygens (including phenoxy) is 4. The third kappa shape index (κ3) is 8.32. The molecule has 6 heterocycles. The lowest BCUT2D eigenvalue weighted by molar-refractivity contribution is -0.135. The van der Waals surface area contributed by atoms with E-state index in [2.05, 4.69) is 27.3 Å². The molecule has 4 N–H and O–H groups in total. The second-order valence-electron chi connectivity index (χ2n) is 16.8. The molecule has 2 unspecified atom stereocenters. The third-order valence-electron chi connectivity index (χ3n) is 12.7. The predicted molar refractivity (Wildman–Crippen MR) is 219 cm³/mol. The van der Waals surface area contributed by atoms with Crippen LogP contribution >= 0.6 is 0 Å². The van der Waals surface area contributed by atoms with Gasteiger partial charge in [-0.3, -0.25) is 19.6 Å². The number of carbonyl (C=O) groups is 4. The number of alkyl carbamates (subject to hydrolysis) is 2. The van der Waals surface area contributed by atoms with E-state index in [4.69, 9.17) is 28.9 Å². The minimum absolute atomic E-state index is 0.0449. The summed E-state index contributed by atoms with van der Waals surface area (Å²) in [7, 11) is 2.57. The van der Waals surface area contributed by atoms with Crippen molar-refractivity contribution in [1.29, 1.82) is 0 Å². The first kappa shape index (κ1) is 41.3. The SMILES string of the molecule is COC(=O)N[C@H](C(=O)N1CCC[C@H]1C1=NCC(c2cc3c(cc2F)Cc2cc(C4CN=C([C@@H]5CCCN5C(=O)[C@@H](NC(=O)OC)C5CCOCC5)N4)ccc2O3)N1)C(C)C.